The first-order chi connectivity index (χ1) is 14.3. The Balaban J connectivity index is 1.51. The number of rotatable bonds is 3. The van der Waals surface area contributed by atoms with Gasteiger partial charge in [-0.25, -0.2) is 12.7 Å². The molecule has 0 aromatic heterocycles. The predicted molar refractivity (Wildman–Crippen MR) is 113 cm³/mol. The molecule has 1 fully saturated rings. The van der Waals surface area contributed by atoms with E-state index in [1.165, 1.54) is 9.87 Å². The molecule has 3 heterocycles. The number of hydrogen-bond acceptors (Lipinski definition) is 5. The Hall–Kier alpha value is -2.75. The van der Waals surface area contributed by atoms with Crippen molar-refractivity contribution in [1.82, 2.24) is 9.62 Å². The van der Waals surface area contributed by atoms with E-state index in [0.29, 0.717) is 28.9 Å². The van der Waals surface area contributed by atoms with Gasteiger partial charge in [0, 0.05) is 48.7 Å². The first-order valence-corrected chi connectivity index (χ1v) is 11.7. The van der Waals surface area contributed by atoms with Crippen molar-refractivity contribution in [2.24, 2.45) is 0 Å². The van der Waals surface area contributed by atoms with Gasteiger partial charge >= 0.3 is 0 Å². The largest absolute Gasteiger partial charge is 0.325 e. The number of nitrogens with zero attached hydrogens (tertiary/aromatic N) is 1. The molecule has 156 valence electrons. The summed E-state index contributed by atoms with van der Waals surface area (Å²) < 4.78 is 25.4. The first kappa shape index (κ1) is 19.2. The van der Waals surface area contributed by atoms with E-state index >= 15 is 0 Å². The minimum Gasteiger partial charge on any atom is -0.325 e. The van der Waals surface area contributed by atoms with Gasteiger partial charge < -0.3 is 16.0 Å². The number of carbonyl (C=O) groups is 2. The fourth-order valence-electron chi connectivity index (χ4n) is 4.73. The van der Waals surface area contributed by atoms with Crippen molar-refractivity contribution in [3.05, 3.63) is 58.7 Å². The number of amides is 2. The van der Waals surface area contributed by atoms with E-state index in [2.05, 4.69) is 16.0 Å². The average Bonchev–Trinajstić information content (AvgIpc) is 3.40. The lowest BCUT2D eigenvalue weighted by molar-refractivity contribution is -0.120. The van der Waals surface area contributed by atoms with Crippen LogP contribution in [0.15, 0.2) is 36.4 Å². The van der Waals surface area contributed by atoms with E-state index in [1.807, 2.05) is 18.2 Å². The lowest BCUT2D eigenvalue weighted by Gasteiger charge is -2.24. The van der Waals surface area contributed by atoms with Crippen molar-refractivity contribution >= 4 is 33.2 Å². The summed E-state index contributed by atoms with van der Waals surface area (Å²) in [5, 5.41) is 9.06. The maximum atomic E-state index is 13.2. The van der Waals surface area contributed by atoms with Crippen LogP contribution in [-0.4, -0.2) is 43.9 Å². The molecule has 3 aliphatic heterocycles. The lowest BCUT2D eigenvalue weighted by atomic mass is 9.78. The first-order valence-electron chi connectivity index (χ1n) is 9.82. The maximum Gasteiger partial charge on any atom is 0.256 e. The lowest BCUT2D eigenvalue weighted by Crippen LogP contribution is -2.40. The maximum absolute atomic E-state index is 13.2. The second-order valence-corrected chi connectivity index (χ2v) is 10.1. The van der Waals surface area contributed by atoms with Gasteiger partial charge in [0.25, 0.3) is 5.91 Å². The van der Waals surface area contributed by atoms with Gasteiger partial charge in [0.15, 0.2) is 0 Å². The zero-order chi connectivity index (χ0) is 21.1. The Bertz CT molecular complexity index is 1190. The quantitative estimate of drug-likeness (QED) is 0.688. The molecule has 0 bridgehead atoms. The van der Waals surface area contributed by atoms with Gasteiger partial charge in [0.1, 0.15) is 0 Å². The summed E-state index contributed by atoms with van der Waals surface area (Å²) in [5.74, 6) is -0.570. The summed E-state index contributed by atoms with van der Waals surface area (Å²) >= 11 is 0. The Morgan fingerprint density at radius 3 is 2.73 bits per heavy atom. The van der Waals surface area contributed by atoms with E-state index < -0.39 is 15.4 Å². The molecule has 0 saturated carbocycles. The molecule has 30 heavy (non-hydrogen) atoms. The molecule has 0 unspecified atom stereocenters. The highest BCUT2D eigenvalue weighted by atomic mass is 32.2. The predicted octanol–water partition coefficient (Wildman–Crippen LogP) is 1.40. The van der Waals surface area contributed by atoms with Crippen LogP contribution in [0.2, 0.25) is 0 Å². The highest BCUT2D eigenvalue weighted by molar-refractivity contribution is 7.88. The summed E-state index contributed by atoms with van der Waals surface area (Å²) in [4.78, 5) is 26.1. The van der Waals surface area contributed by atoms with Crippen LogP contribution in [0.3, 0.4) is 0 Å². The molecular weight excluding hydrogens is 404 g/mol. The summed E-state index contributed by atoms with van der Waals surface area (Å²) in [6, 6.07) is 11.0. The second kappa shape index (κ2) is 6.63. The van der Waals surface area contributed by atoms with Gasteiger partial charge in [-0.05, 0) is 41.8 Å². The van der Waals surface area contributed by atoms with Crippen LogP contribution in [0.4, 0.5) is 11.4 Å². The van der Waals surface area contributed by atoms with Crippen molar-refractivity contribution in [3.63, 3.8) is 0 Å². The van der Waals surface area contributed by atoms with E-state index in [-0.39, 0.29) is 24.9 Å². The van der Waals surface area contributed by atoms with Gasteiger partial charge in [-0.15, -0.1) is 0 Å². The average molecular weight is 426 g/mol. The number of anilines is 2. The molecular formula is C21H22N4O4S. The third-order valence-electron chi connectivity index (χ3n) is 6.27. The molecule has 0 aliphatic carbocycles. The van der Waals surface area contributed by atoms with Gasteiger partial charge in [-0.1, -0.05) is 12.1 Å². The zero-order valence-electron chi connectivity index (χ0n) is 16.5. The third kappa shape index (κ3) is 2.92. The molecule has 1 saturated heterocycles. The van der Waals surface area contributed by atoms with E-state index in [9.17, 15) is 18.0 Å². The molecule has 3 N–H and O–H groups in total. The number of nitrogens with one attached hydrogen (secondary N) is 3. The van der Waals surface area contributed by atoms with Crippen molar-refractivity contribution in [2.75, 3.05) is 30.0 Å². The Labute approximate surface area is 174 Å². The van der Waals surface area contributed by atoms with Crippen LogP contribution in [-0.2, 0) is 33.3 Å². The van der Waals surface area contributed by atoms with Gasteiger partial charge in [0.2, 0.25) is 15.9 Å². The molecule has 2 aromatic carbocycles. The summed E-state index contributed by atoms with van der Waals surface area (Å²) in [6.45, 7) is 1.88. The van der Waals surface area contributed by atoms with E-state index in [0.717, 1.165) is 24.9 Å². The number of sulfonamides is 1. The molecule has 5 rings (SSSR count). The van der Waals surface area contributed by atoms with Crippen LogP contribution >= 0.6 is 0 Å². The summed E-state index contributed by atoms with van der Waals surface area (Å²) in [5.41, 5.74) is 3.56. The smallest absolute Gasteiger partial charge is 0.256 e. The molecule has 2 amide bonds. The molecule has 9 heteroatoms. The van der Waals surface area contributed by atoms with Crippen LogP contribution in [0, 0.1) is 0 Å². The van der Waals surface area contributed by atoms with Crippen LogP contribution in [0.5, 0.6) is 0 Å². The Morgan fingerprint density at radius 1 is 1.17 bits per heavy atom. The standard InChI is InChI=1S/C21H22N4O4S/c1-30(28,29)25-8-7-21(12-25)18-16(3-2-4-17(18)24-20(21)27)19(26)23-15-6-5-13-10-22-11-14(13)9-15/h2-6,9,22H,7-8,10-12H2,1H3,(H,23,26)(H,24,27)/t21-/m1/s1. The third-order valence-corrected chi connectivity index (χ3v) is 7.52. The monoisotopic (exact) mass is 426 g/mol. The Kier molecular flexibility index (Phi) is 4.25. The highest BCUT2D eigenvalue weighted by Crippen LogP contribution is 2.46. The SMILES string of the molecule is CS(=O)(=O)N1CC[C@]2(C1)C(=O)Nc1cccc(C(=O)Nc3ccc4c(c3)CNC4)c12. The highest BCUT2D eigenvalue weighted by Gasteiger charge is 2.54. The number of carbonyl (C=O) groups excluding carboxylic acids is 2. The Morgan fingerprint density at radius 2 is 1.97 bits per heavy atom. The van der Waals surface area contributed by atoms with E-state index in [4.69, 9.17) is 0 Å². The van der Waals surface area contributed by atoms with Crippen molar-refractivity contribution < 1.29 is 18.0 Å². The number of hydrogen-bond donors (Lipinski definition) is 3. The van der Waals surface area contributed by atoms with Crippen molar-refractivity contribution in [2.45, 2.75) is 24.9 Å². The number of fused-ring (bicyclic) bond motifs is 3. The van der Waals surface area contributed by atoms with Crippen molar-refractivity contribution in [1.29, 1.82) is 0 Å². The van der Waals surface area contributed by atoms with Crippen molar-refractivity contribution in [3.8, 4) is 0 Å². The fraction of sp³-hybridized carbons (Fsp3) is 0.333. The summed E-state index contributed by atoms with van der Waals surface area (Å²) in [7, 11) is -3.43. The molecule has 1 atom stereocenters. The number of benzene rings is 2. The molecule has 3 aliphatic rings. The topological polar surface area (TPSA) is 108 Å². The van der Waals surface area contributed by atoms with Gasteiger partial charge in [-0.2, -0.15) is 0 Å². The molecule has 1 spiro atoms. The van der Waals surface area contributed by atoms with Crippen LogP contribution in [0.25, 0.3) is 0 Å². The molecule has 2 aromatic rings. The normalized spacial score (nSPS) is 22.8. The van der Waals surface area contributed by atoms with Gasteiger partial charge in [-0.3, -0.25) is 9.59 Å². The summed E-state index contributed by atoms with van der Waals surface area (Å²) in [6.07, 6.45) is 1.48. The molecule has 0 radical (unpaired) electrons. The van der Waals surface area contributed by atoms with Crippen LogP contribution < -0.4 is 16.0 Å². The van der Waals surface area contributed by atoms with Gasteiger partial charge in [0.05, 0.1) is 11.7 Å². The van der Waals surface area contributed by atoms with Crippen LogP contribution in [0.1, 0.15) is 33.5 Å². The fourth-order valence-corrected chi connectivity index (χ4v) is 5.61. The van der Waals surface area contributed by atoms with E-state index in [1.54, 1.807) is 18.2 Å². The zero-order valence-corrected chi connectivity index (χ0v) is 17.3. The molecule has 8 nitrogen and oxygen atoms in total. The second-order valence-electron chi connectivity index (χ2n) is 8.15. The minimum absolute atomic E-state index is 0.0411. The minimum atomic E-state index is -3.43.